The van der Waals surface area contributed by atoms with Crippen LogP contribution in [-0.4, -0.2) is 58.7 Å². The second-order valence-electron chi connectivity index (χ2n) is 11.3. The number of fused-ring (bicyclic) bond motifs is 1. The Bertz CT molecular complexity index is 1110. The quantitative estimate of drug-likeness (QED) is 0.411. The van der Waals surface area contributed by atoms with Gasteiger partial charge in [0, 0.05) is 22.7 Å². The van der Waals surface area contributed by atoms with Crippen molar-refractivity contribution >= 4 is 35.2 Å². The first-order chi connectivity index (χ1) is 17.7. The van der Waals surface area contributed by atoms with Crippen LogP contribution in [0.25, 0.3) is 0 Å². The number of ether oxygens (including phenoxy) is 1. The molecule has 1 aromatic carbocycles. The molecule has 0 radical (unpaired) electrons. The minimum Gasteiger partial charge on any atom is -0.359 e. The van der Waals surface area contributed by atoms with Gasteiger partial charge < -0.3 is 20.3 Å². The van der Waals surface area contributed by atoms with Gasteiger partial charge in [0.05, 0.1) is 17.9 Å². The maximum atomic E-state index is 14.0. The summed E-state index contributed by atoms with van der Waals surface area (Å²) in [6.07, 6.45) is 9.13. The molecule has 7 nitrogen and oxygen atoms in total. The zero-order chi connectivity index (χ0) is 26.5. The Kier molecular flexibility index (Phi) is 7.18. The minimum absolute atomic E-state index is 0.0750. The van der Waals surface area contributed by atoms with Crippen LogP contribution in [0, 0.1) is 23.7 Å². The van der Waals surface area contributed by atoms with Gasteiger partial charge in [-0.25, -0.2) is 0 Å². The second-order valence-corrected chi connectivity index (χ2v) is 12.2. The van der Waals surface area contributed by atoms with Gasteiger partial charge in [-0.3, -0.25) is 14.4 Å². The molecular formula is C29H39N3O4S. The molecule has 0 aromatic heterocycles. The summed E-state index contributed by atoms with van der Waals surface area (Å²) in [5, 5.41) is 6.32. The molecule has 3 heterocycles. The molecule has 1 saturated carbocycles. The van der Waals surface area contributed by atoms with Crippen LogP contribution in [0.4, 0.5) is 5.69 Å². The zero-order valence-corrected chi connectivity index (χ0v) is 23.2. The Morgan fingerprint density at radius 3 is 2.76 bits per heavy atom. The van der Waals surface area contributed by atoms with Crippen LogP contribution >= 0.6 is 11.8 Å². The fraction of sp³-hybridized carbons (Fsp3) is 0.621. The van der Waals surface area contributed by atoms with Crippen molar-refractivity contribution in [2.45, 2.75) is 88.1 Å². The van der Waals surface area contributed by atoms with E-state index < -0.39 is 29.6 Å². The largest absolute Gasteiger partial charge is 0.359 e. The van der Waals surface area contributed by atoms with Crippen molar-refractivity contribution in [1.82, 2.24) is 10.2 Å². The third-order valence-electron chi connectivity index (χ3n) is 9.30. The van der Waals surface area contributed by atoms with Crippen molar-refractivity contribution in [3.05, 3.63) is 36.4 Å². The van der Waals surface area contributed by atoms with Gasteiger partial charge in [-0.05, 0) is 56.1 Å². The molecule has 4 aliphatic rings. The molecule has 8 heteroatoms. The van der Waals surface area contributed by atoms with Crippen LogP contribution in [0.5, 0.6) is 0 Å². The topological polar surface area (TPSA) is 87.7 Å². The van der Waals surface area contributed by atoms with E-state index in [1.807, 2.05) is 56.5 Å². The van der Waals surface area contributed by atoms with E-state index in [4.69, 9.17) is 4.74 Å². The Balaban J connectivity index is 1.44. The molecule has 1 aliphatic carbocycles. The molecule has 200 valence electrons. The molecule has 2 bridgehead atoms. The smallest absolute Gasteiger partial charge is 0.246 e. The highest BCUT2D eigenvalue weighted by Gasteiger charge is 2.73. The van der Waals surface area contributed by atoms with E-state index >= 15 is 0 Å². The molecule has 0 unspecified atom stereocenters. The molecule has 5 rings (SSSR count). The normalized spacial score (nSPS) is 36.9. The number of rotatable bonds is 7. The molecule has 37 heavy (non-hydrogen) atoms. The molecule has 3 amide bonds. The predicted molar refractivity (Wildman–Crippen MR) is 145 cm³/mol. The summed E-state index contributed by atoms with van der Waals surface area (Å²) >= 11 is 1.60. The number of hydrogen-bond donors (Lipinski definition) is 2. The van der Waals surface area contributed by atoms with Gasteiger partial charge in [-0.1, -0.05) is 51.8 Å². The number of benzene rings is 1. The van der Waals surface area contributed by atoms with Crippen molar-refractivity contribution in [2.24, 2.45) is 23.7 Å². The minimum atomic E-state index is -1.12. The van der Waals surface area contributed by atoms with Gasteiger partial charge in [0.15, 0.2) is 0 Å². The summed E-state index contributed by atoms with van der Waals surface area (Å²) in [6.45, 7) is 8.43. The van der Waals surface area contributed by atoms with Crippen LogP contribution in [0.3, 0.4) is 0 Å². The summed E-state index contributed by atoms with van der Waals surface area (Å²) in [7, 11) is 0. The number of anilines is 1. The number of nitrogens with zero attached hydrogens (tertiary/aromatic N) is 1. The van der Waals surface area contributed by atoms with Crippen LogP contribution in [-0.2, 0) is 19.1 Å². The Morgan fingerprint density at radius 1 is 1.24 bits per heavy atom. The van der Waals surface area contributed by atoms with E-state index in [2.05, 4.69) is 24.5 Å². The Labute approximate surface area is 224 Å². The van der Waals surface area contributed by atoms with Crippen molar-refractivity contribution in [3.8, 4) is 0 Å². The van der Waals surface area contributed by atoms with Gasteiger partial charge in [0.1, 0.15) is 11.6 Å². The lowest BCUT2D eigenvalue weighted by Crippen LogP contribution is -2.59. The number of amides is 3. The summed E-state index contributed by atoms with van der Waals surface area (Å²) in [4.78, 5) is 44.3. The lowest BCUT2D eigenvalue weighted by atomic mass is 9.73. The van der Waals surface area contributed by atoms with Crippen molar-refractivity contribution in [2.75, 3.05) is 11.6 Å². The summed E-state index contributed by atoms with van der Waals surface area (Å²) in [5.74, 6) is -1.07. The van der Waals surface area contributed by atoms with E-state index in [0.29, 0.717) is 23.9 Å². The van der Waals surface area contributed by atoms with Gasteiger partial charge in [0.2, 0.25) is 17.7 Å². The number of carbonyl (C=O) groups excluding carboxylic acids is 3. The van der Waals surface area contributed by atoms with E-state index in [-0.39, 0.29) is 29.8 Å². The lowest BCUT2D eigenvalue weighted by molar-refractivity contribution is -0.144. The van der Waals surface area contributed by atoms with Crippen LogP contribution in [0.1, 0.15) is 53.4 Å². The third kappa shape index (κ3) is 4.30. The molecular weight excluding hydrogens is 486 g/mol. The number of likely N-dealkylation sites (tertiary alicyclic amines) is 1. The summed E-state index contributed by atoms with van der Waals surface area (Å²) < 4.78 is 6.47. The summed E-state index contributed by atoms with van der Waals surface area (Å²) in [6, 6.07) is 6.80. The third-order valence-corrected chi connectivity index (χ3v) is 10.0. The van der Waals surface area contributed by atoms with E-state index in [1.54, 1.807) is 16.7 Å². The average Bonchev–Trinajstić information content (AvgIpc) is 3.53. The Morgan fingerprint density at radius 2 is 2.03 bits per heavy atom. The molecule has 2 saturated heterocycles. The second kappa shape index (κ2) is 10.1. The van der Waals surface area contributed by atoms with Crippen molar-refractivity contribution in [3.63, 3.8) is 0 Å². The fourth-order valence-electron chi connectivity index (χ4n) is 6.85. The van der Waals surface area contributed by atoms with Crippen LogP contribution < -0.4 is 10.6 Å². The van der Waals surface area contributed by atoms with Crippen molar-refractivity contribution in [1.29, 1.82) is 0 Å². The van der Waals surface area contributed by atoms with Crippen LogP contribution in [0.15, 0.2) is 41.3 Å². The highest BCUT2D eigenvalue weighted by Crippen LogP contribution is 2.56. The average molecular weight is 526 g/mol. The summed E-state index contributed by atoms with van der Waals surface area (Å²) in [5.41, 5.74) is -0.432. The number of hydrogen-bond acceptors (Lipinski definition) is 5. The molecule has 3 fully saturated rings. The molecule has 1 aromatic rings. The SMILES string of the molecule is CC[C@H](C)N1C(=O)[C@H]2[C@H](C(=O)Nc3cccc(SC)c3)[C@H]3C=C[C@@]2(O3)[C@@H]1C(=O)N[C@@H]1CCC[C@H](C)[C@H]1C. The Hall–Kier alpha value is -2.32. The zero-order valence-electron chi connectivity index (χ0n) is 22.4. The van der Waals surface area contributed by atoms with Gasteiger partial charge in [-0.2, -0.15) is 0 Å². The predicted octanol–water partition coefficient (Wildman–Crippen LogP) is 4.24. The number of thioether (sulfide) groups is 1. The molecule has 3 aliphatic heterocycles. The fourth-order valence-corrected chi connectivity index (χ4v) is 7.31. The van der Waals surface area contributed by atoms with Crippen LogP contribution in [0.2, 0.25) is 0 Å². The van der Waals surface area contributed by atoms with Gasteiger partial charge >= 0.3 is 0 Å². The highest BCUT2D eigenvalue weighted by molar-refractivity contribution is 7.98. The molecule has 2 N–H and O–H groups in total. The van der Waals surface area contributed by atoms with Gasteiger partial charge in [-0.15, -0.1) is 11.8 Å². The lowest BCUT2D eigenvalue weighted by Gasteiger charge is -2.39. The van der Waals surface area contributed by atoms with E-state index in [9.17, 15) is 14.4 Å². The van der Waals surface area contributed by atoms with E-state index in [0.717, 1.165) is 17.7 Å². The van der Waals surface area contributed by atoms with E-state index in [1.165, 1.54) is 6.42 Å². The van der Waals surface area contributed by atoms with Gasteiger partial charge in [0.25, 0.3) is 0 Å². The highest BCUT2D eigenvalue weighted by atomic mass is 32.2. The molecule has 1 spiro atoms. The standard InChI is InChI=1S/C29H39N3O4S/c1-6-17(3)32-25(27(34)31-21-12-7-9-16(2)18(21)4)29-14-13-22(36-29)23(24(29)28(32)35)26(33)30-19-10-8-11-20(15-19)37-5/h8,10-11,13-18,21-25H,6-7,9,12H2,1-5H3,(H,30,33)(H,31,34)/t16-,17-,18+,21+,22+,23+,24+,25-,29-/m0/s1. The van der Waals surface area contributed by atoms with Crippen molar-refractivity contribution < 1.29 is 19.1 Å². The number of carbonyl (C=O) groups is 3. The monoisotopic (exact) mass is 525 g/mol. The maximum absolute atomic E-state index is 14.0. The molecule has 9 atom stereocenters. The first-order valence-corrected chi connectivity index (χ1v) is 14.9. The maximum Gasteiger partial charge on any atom is 0.246 e. The first kappa shape index (κ1) is 26.3. The first-order valence-electron chi connectivity index (χ1n) is 13.7. The number of nitrogens with one attached hydrogen (secondary N) is 2.